The van der Waals surface area contributed by atoms with E-state index in [0.717, 1.165) is 17.5 Å². The minimum Gasteiger partial charge on any atom is -0.460 e. The Labute approximate surface area is 172 Å². The molecule has 0 saturated heterocycles. The van der Waals surface area contributed by atoms with Gasteiger partial charge in [-0.2, -0.15) is 0 Å². The molecule has 148 valence electrons. The van der Waals surface area contributed by atoms with Gasteiger partial charge in [-0.05, 0) is 48.7 Å². The van der Waals surface area contributed by atoms with Crippen molar-refractivity contribution in [1.29, 1.82) is 0 Å². The van der Waals surface area contributed by atoms with Gasteiger partial charge in [0.15, 0.2) is 0 Å². The van der Waals surface area contributed by atoms with E-state index >= 15 is 0 Å². The standard InChI is InChI=1S/C21H19ClN4O3/c1-2-29-21(28)19-24-6-8-25(19)13-14-9-17(12-23-11-14)26-7-5-15-10-16(22)3-4-18(15)20(26)27/h3-4,6,8-12H,2,5,7,13H2,1H3. The van der Waals surface area contributed by atoms with E-state index in [1.807, 2.05) is 12.1 Å². The number of benzene rings is 1. The SMILES string of the molecule is CCOC(=O)c1nccn1Cc1cncc(N2CCc3cc(Cl)ccc3C2=O)c1. The van der Waals surface area contributed by atoms with Gasteiger partial charge in [-0.25, -0.2) is 9.78 Å². The fraction of sp³-hybridized carbons (Fsp3) is 0.238. The fourth-order valence-electron chi connectivity index (χ4n) is 3.43. The summed E-state index contributed by atoms with van der Waals surface area (Å²) < 4.78 is 6.74. The predicted octanol–water partition coefficient (Wildman–Crippen LogP) is 3.36. The van der Waals surface area contributed by atoms with Gasteiger partial charge in [0.05, 0.1) is 25.0 Å². The highest BCUT2D eigenvalue weighted by Gasteiger charge is 2.26. The van der Waals surface area contributed by atoms with Crippen molar-refractivity contribution in [3.63, 3.8) is 0 Å². The normalized spacial score (nSPS) is 13.3. The van der Waals surface area contributed by atoms with Crippen molar-refractivity contribution >= 4 is 29.2 Å². The van der Waals surface area contributed by atoms with Crippen molar-refractivity contribution in [2.75, 3.05) is 18.1 Å². The van der Waals surface area contributed by atoms with Gasteiger partial charge in [0.25, 0.3) is 5.91 Å². The largest absolute Gasteiger partial charge is 0.460 e. The number of carbonyl (C=O) groups is 2. The van der Waals surface area contributed by atoms with E-state index in [-0.39, 0.29) is 18.3 Å². The number of esters is 1. The highest BCUT2D eigenvalue weighted by atomic mass is 35.5. The molecule has 7 nitrogen and oxygen atoms in total. The first-order valence-electron chi connectivity index (χ1n) is 9.29. The van der Waals surface area contributed by atoms with Gasteiger partial charge < -0.3 is 14.2 Å². The Kier molecular flexibility index (Phi) is 5.31. The molecule has 0 N–H and O–H groups in total. The van der Waals surface area contributed by atoms with Crippen molar-refractivity contribution in [3.05, 3.63) is 76.6 Å². The third-order valence-electron chi connectivity index (χ3n) is 4.77. The number of aromatic nitrogens is 3. The van der Waals surface area contributed by atoms with E-state index in [4.69, 9.17) is 16.3 Å². The lowest BCUT2D eigenvalue weighted by Gasteiger charge is -2.28. The number of nitrogens with zero attached hydrogens (tertiary/aromatic N) is 4. The number of hydrogen-bond acceptors (Lipinski definition) is 5. The van der Waals surface area contributed by atoms with E-state index in [9.17, 15) is 9.59 Å². The van der Waals surface area contributed by atoms with E-state index < -0.39 is 5.97 Å². The molecule has 0 aliphatic carbocycles. The number of hydrogen-bond donors (Lipinski definition) is 0. The monoisotopic (exact) mass is 410 g/mol. The van der Waals surface area contributed by atoms with Crippen molar-refractivity contribution in [3.8, 4) is 0 Å². The quantitative estimate of drug-likeness (QED) is 0.603. The minimum atomic E-state index is -0.469. The lowest BCUT2D eigenvalue weighted by Crippen LogP contribution is -2.37. The molecule has 0 atom stereocenters. The molecule has 4 rings (SSSR count). The summed E-state index contributed by atoms with van der Waals surface area (Å²) >= 11 is 6.05. The van der Waals surface area contributed by atoms with Crippen molar-refractivity contribution in [2.24, 2.45) is 0 Å². The Hall–Kier alpha value is -3.19. The van der Waals surface area contributed by atoms with Crippen LogP contribution in [0.5, 0.6) is 0 Å². The van der Waals surface area contributed by atoms with E-state index in [2.05, 4.69) is 9.97 Å². The van der Waals surface area contributed by atoms with Gasteiger partial charge in [-0.15, -0.1) is 0 Å². The molecule has 29 heavy (non-hydrogen) atoms. The average Bonchev–Trinajstić information content (AvgIpc) is 3.17. The van der Waals surface area contributed by atoms with Crippen LogP contribution in [-0.4, -0.2) is 39.6 Å². The number of carbonyl (C=O) groups excluding carboxylic acids is 2. The third kappa shape index (κ3) is 3.86. The molecule has 1 aliphatic heterocycles. The van der Waals surface area contributed by atoms with Gasteiger partial charge in [0.1, 0.15) is 0 Å². The molecular formula is C21H19ClN4O3. The zero-order chi connectivity index (χ0) is 20.4. The van der Waals surface area contributed by atoms with Crippen molar-refractivity contribution < 1.29 is 14.3 Å². The molecule has 0 unspecified atom stereocenters. The van der Waals surface area contributed by atoms with Gasteiger partial charge >= 0.3 is 5.97 Å². The van der Waals surface area contributed by atoms with Crippen LogP contribution in [0, 0.1) is 0 Å². The Morgan fingerprint density at radius 3 is 2.97 bits per heavy atom. The highest BCUT2D eigenvalue weighted by Crippen LogP contribution is 2.27. The number of rotatable bonds is 5. The first-order chi connectivity index (χ1) is 14.1. The van der Waals surface area contributed by atoms with Crippen molar-refractivity contribution in [2.45, 2.75) is 19.9 Å². The Morgan fingerprint density at radius 2 is 2.14 bits per heavy atom. The fourth-order valence-corrected chi connectivity index (χ4v) is 3.63. The van der Waals surface area contributed by atoms with Gasteiger partial charge in [0, 0.05) is 35.7 Å². The van der Waals surface area contributed by atoms with Crippen LogP contribution < -0.4 is 4.90 Å². The zero-order valence-corrected chi connectivity index (χ0v) is 16.6. The van der Waals surface area contributed by atoms with Crippen LogP contribution in [0.4, 0.5) is 5.69 Å². The number of halogens is 1. The van der Waals surface area contributed by atoms with Gasteiger partial charge in [0.2, 0.25) is 5.82 Å². The van der Waals surface area contributed by atoms with Crippen LogP contribution in [0.1, 0.15) is 39.0 Å². The Morgan fingerprint density at radius 1 is 1.28 bits per heavy atom. The average molecular weight is 411 g/mol. The van der Waals surface area contributed by atoms with Crippen LogP contribution in [-0.2, 0) is 17.7 Å². The van der Waals surface area contributed by atoms with Crippen LogP contribution in [0.3, 0.4) is 0 Å². The smallest absolute Gasteiger partial charge is 0.374 e. The number of ether oxygens (including phenoxy) is 1. The second kappa shape index (κ2) is 8.05. The Bertz CT molecular complexity index is 1080. The topological polar surface area (TPSA) is 77.3 Å². The molecule has 0 fully saturated rings. The number of pyridine rings is 1. The first kappa shape index (κ1) is 19.1. The van der Waals surface area contributed by atoms with Crippen LogP contribution in [0.25, 0.3) is 0 Å². The molecule has 1 aromatic carbocycles. The van der Waals surface area contributed by atoms with Crippen LogP contribution >= 0.6 is 11.6 Å². The molecule has 0 radical (unpaired) electrons. The van der Waals surface area contributed by atoms with Crippen molar-refractivity contribution in [1.82, 2.24) is 14.5 Å². The summed E-state index contributed by atoms with van der Waals surface area (Å²) in [7, 11) is 0. The van der Waals surface area contributed by atoms with Crippen LogP contribution in [0.15, 0.2) is 49.1 Å². The summed E-state index contributed by atoms with van der Waals surface area (Å²) in [4.78, 5) is 35.1. The minimum absolute atomic E-state index is 0.0725. The predicted molar refractivity (Wildman–Crippen MR) is 108 cm³/mol. The van der Waals surface area contributed by atoms with E-state index in [1.165, 1.54) is 0 Å². The highest BCUT2D eigenvalue weighted by molar-refractivity contribution is 6.30. The maximum absolute atomic E-state index is 13.0. The lowest BCUT2D eigenvalue weighted by atomic mass is 9.98. The summed E-state index contributed by atoms with van der Waals surface area (Å²) in [6, 6.07) is 7.24. The molecular weight excluding hydrogens is 392 g/mol. The third-order valence-corrected chi connectivity index (χ3v) is 5.00. The maximum Gasteiger partial charge on any atom is 0.374 e. The molecule has 1 aliphatic rings. The van der Waals surface area contributed by atoms with Crippen LogP contribution in [0.2, 0.25) is 5.02 Å². The molecule has 8 heteroatoms. The molecule has 3 aromatic rings. The molecule has 0 spiro atoms. The first-order valence-corrected chi connectivity index (χ1v) is 9.67. The molecule has 2 aromatic heterocycles. The summed E-state index contributed by atoms with van der Waals surface area (Å²) in [6.45, 7) is 2.98. The second-order valence-corrected chi connectivity index (χ2v) is 7.10. The second-order valence-electron chi connectivity index (χ2n) is 6.66. The summed E-state index contributed by atoms with van der Waals surface area (Å²) in [6.07, 6.45) is 7.37. The van der Waals surface area contributed by atoms with E-state index in [0.29, 0.717) is 29.4 Å². The molecule has 1 amide bonds. The lowest BCUT2D eigenvalue weighted by molar-refractivity contribution is 0.0507. The number of amides is 1. The Balaban J connectivity index is 1.57. The number of imidazole rings is 1. The zero-order valence-electron chi connectivity index (χ0n) is 15.8. The molecule has 0 bridgehead atoms. The number of fused-ring (bicyclic) bond motifs is 1. The molecule has 3 heterocycles. The van der Waals surface area contributed by atoms with Gasteiger partial charge in [-0.1, -0.05) is 11.6 Å². The van der Waals surface area contributed by atoms with Gasteiger partial charge in [-0.3, -0.25) is 9.78 Å². The van der Waals surface area contributed by atoms with E-state index in [1.54, 1.807) is 53.3 Å². The summed E-state index contributed by atoms with van der Waals surface area (Å²) in [5, 5.41) is 0.631. The number of anilines is 1. The molecule has 0 saturated carbocycles. The summed E-state index contributed by atoms with van der Waals surface area (Å²) in [5.41, 5.74) is 3.18. The summed E-state index contributed by atoms with van der Waals surface area (Å²) in [5.74, 6) is -0.308. The maximum atomic E-state index is 13.0.